The number of nitrogens with zero attached hydrogens (tertiary/aromatic N) is 2. The van der Waals surface area contributed by atoms with Crippen molar-refractivity contribution in [3.05, 3.63) is 96.3 Å². The molecule has 0 bridgehead atoms. The molecule has 3 aromatic rings. The van der Waals surface area contributed by atoms with E-state index in [1.54, 1.807) is 7.05 Å². The third-order valence-electron chi connectivity index (χ3n) is 6.44. The van der Waals surface area contributed by atoms with Crippen molar-refractivity contribution in [1.29, 1.82) is 0 Å². The average Bonchev–Trinajstić information content (AvgIpc) is 3.07. The molecule has 1 aliphatic rings. The minimum absolute atomic E-state index is 0. The molecule has 1 aliphatic heterocycles. The van der Waals surface area contributed by atoms with Crippen LogP contribution in [0, 0.1) is 0 Å². The molecule has 0 aromatic heterocycles. The SMILES string of the molecule is C.C.C.CCC(C)ON(C)c1ccccc1.CCC(C)OOCC1CCCCO1.CNc1ccccc1.C[N-]c1ccccc1.[Br-].[Mg+2]. The van der Waals surface area contributed by atoms with Crippen LogP contribution >= 0.6 is 0 Å². The van der Waals surface area contributed by atoms with Crippen LogP contribution in [0.25, 0.3) is 5.32 Å². The van der Waals surface area contributed by atoms with Gasteiger partial charge in [-0.25, -0.2) is 9.78 Å². The van der Waals surface area contributed by atoms with Crippen LogP contribution in [0.3, 0.4) is 0 Å². The minimum Gasteiger partial charge on any atom is -1.00 e. The predicted octanol–water partition coefficient (Wildman–Crippen LogP) is 7.74. The summed E-state index contributed by atoms with van der Waals surface area (Å²) in [6, 6.07) is 30.0. The minimum atomic E-state index is 0. The molecular formula is C38H66BrMgN3O4. The summed E-state index contributed by atoms with van der Waals surface area (Å²) in [6.07, 6.45) is 6.23. The summed E-state index contributed by atoms with van der Waals surface area (Å²) in [4.78, 5) is 15.8. The van der Waals surface area contributed by atoms with Crippen molar-refractivity contribution in [3.8, 4) is 0 Å². The third-order valence-corrected chi connectivity index (χ3v) is 6.44. The van der Waals surface area contributed by atoms with Gasteiger partial charge in [-0.15, -0.1) is 12.7 Å². The van der Waals surface area contributed by atoms with Gasteiger partial charge in [0.1, 0.15) is 6.61 Å². The van der Waals surface area contributed by atoms with Crippen molar-refractivity contribution in [1.82, 2.24) is 0 Å². The summed E-state index contributed by atoms with van der Waals surface area (Å²) >= 11 is 0. The molecule has 0 spiro atoms. The number of anilines is 2. The van der Waals surface area contributed by atoms with E-state index in [2.05, 4.69) is 31.4 Å². The van der Waals surface area contributed by atoms with Crippen LogP contribution in [-0.4, -0.2) is 75.7 Å². The first-order chi connectivity index (χ1) is 20.4. The number of para-hydroxylation sites is 3. The first kappa shape index (κ1) is 54.6. The van der Waals surface area contributed by atoms with E-state index in [-0.39, 0.29) is 80.6 Å². The van der Waals surface area contributed by atoms with E-state index in [0.717, 1.165) is 42.9 Å². The first-order valence-electron chi connectivity index (χ1n) is 15.2. The topological polar surface area (TPSA) is 66.3 Å². The molecule has 266 valence electrons. The molecule has 0 saturated carbocycles. The van der Waals surface area contributed by atoms with Gasteiger partial charge in [0.15, 0.2) is 0 Å². The average molecular weight is 733 g/mol. The number of hydrogen-bond donors (Lipinski definition) is 1. The third kappa shape index (κ3) is 28.8. The quantitative estimate of drug-likeness (QED) is 0.124. The molecule has 0 aliphatic carbocycles. The Balaban J connectivity index is -0.000000164. The van der Waals surface area contributed by atoms with E-state index in [4.69, 9.17) is 19.3 Å². The largest absolute Gasteiger partial charge is 2.00 e. The van der Waals surface area contributed by atoms with Gasteiger partial charge in [0, 0.05) is 26.4 Å². The van der Waals surface area contributed by atoms with E-state index in [1.807, 2.05) is 117 Å². The zero-order valence-corrected chi connectivity index (χ0v) is 31.0. The molecular weight excluding hydrogens is 667 g/mol. The molecule has 47 heavy (non-hydrogen) atoms. The van der Waals surface area contributed by atoms with Gasteiger partial charge in [-0.05, 0) is 70.2 Å². The second-order valence-corrected chi connectivity index (χ2v) is 9.92. The normalized spacial score (nSPS) is 13.6. The molecule has 3 atom stereocenters. The number of hydrogen-bond acceptors (Lipinski definition) is 6. The summed E-state index contributed by atoms with van der Waals surface area (Å²) in [7, 11) is 5.63. The number of benzene rings is 3. The zero-order chi connectivity index (χ0) is 30.8. The molecule has 4 rings (SSSR count). The Bertz CT molecular complexity index is 948. The van der Waals surface area contributed by atoms with Crippen molar-refractivity contribution in [2.45, 2.75) is 100 Å². The van der Waals surface area contributed by atoms with Crippen LogP contribution in [-0.2, 0) is 19.3 Å². The first-order valence-corrected chi connectivity index (χ1v) is 15.2. The standard InChI is InChI=1S/C11H17NO.C10H20O3.C7H9N.C7H8N.3CH4.BrH.Mg/c1-4-10(2)13-12(3)11-8-6-5-7-9-11;1-3-9(2)13-12-8-10-6-4-5-7-11-10;2*1-8-7-5-3-2-4-6-7;;;;;/h5-10H,4H2,1-3H3;9-10H,3-8H2,1-2H3;2-6,8H,1H3;2-6H,1H3;3*1H4;1H;/q;;;-1;;;;;+2/p-1. The summed E-state index contributed by atoms with van der Waals surface area (Å²) in [5, 5.41) is 8.81. The fourth-order valence-corrected chi connectivity index (χ4v) is 3.46. The van der Waals surface area contributed by atoms with E-state index in [0.29, 0.717) is 6.61 Å². The van der Waals surface area contributed by atoms with Gasteiger partial charge >= 0.3 is 23.1 Å². The summed E-state index contributed by atoms with van der Waals surface area (Å²) < 4.78 is 5.49. The maximum Gasteiger partial charge on any atom is 2.00 e. The molecule has 3 aromatic carbocycles. The molecule has 1 N–H and O–H groups in total. The van der Waals surface area contributed by atoms with Crippen LogP contribution in [0.2, 0.25) is 0 Å². The summed E-state index contributed by atoms with van der Waals surface area (Å²) in [5.74, 6) is 0. The number of ether oxygens (including phenoxy) is 1. The second-order valence-electron chi connectivity index (χ2n) is 9.92. The summed E-state index contributed by atoms with van der Waals surface area (Å²) in [5.41, 5.74) is 3.28. The van der Waals surface area contributed by atoms with Gasteiger partial charge < -0.3 is 32.4 Å². The van der Waals surface area contributed by atoms with Crippen LogP contribution in [0.4, 0.5) is 17.1 Å². The molecule has 3 unspecified atom stereocenters. The molecule has 0 amide bonds. The van der Waals surface area contributed by atoms with Crippen molar-refractivity contribution in [2.24, 2.45) is 0 Å². The Morgan fingerprint density at radius 1 is 0.830 bits per heavy atom. The van der Waals surface area contributed by atoms with Crippen molar-refractivity contribution >= 4 is 40.1 Å². The van der Waals surface area contributed by atoms with Crippen LogP contribution in [0.15, 0.2) is 91.0 Å². The van der Waals surface area contributed by atoms with Gasteiger partial charge in [-0.3, -0.25) is 9.90 Å². The van der Waals surface area contributed by atoms with Gasteiger partial charge in [-0.1, -0.05) is 103 Å². The smallest absolute Gasteiger partial charge is 1.00 e. The Labute approximate surface area is 316 Å². The molecule has 0 radical (unpaired) electrons. The fraction of sp³-hybridized carbons (Fsp3) is 0.526. The van der Waals surface area contributed by atoms with E-state index < -0.39 is 0 Å². The molecule has 1 fully saturated rings. The van der Waals surface area contributed by atoms with Crippen LogP contribution in [0.5, 0.6) is 0 Å². The maximum absolute atomic E-state index is 5.62. The van der Waals surface area contributed by atoms with E-state index in [1.165, 1.54) is 12.8 Å². The second kappa shape index (κ2) is 37.0. The number of rotatable bonds is 11. The van der Waals surface area contributed by atoms with Gasteiger partial charge in [0.2, 0.25) is 0 Å². The van der Waals surface area contributed by atoms with Crippen molar-refractivity contribution in [3.63, 3.8) is 0 Å². The predicted molar refractivity (Wildman–Crippen MR) is 203 cm³/mol. The Hall–Kier alpha value is -1.85. The van der Waals surface area contributed by atoms with Crippen molar-refractivity contribution in [2.75, 3.05) is 44.7 Å². The number of halogens is 1. The van der Waals surface area contributed by atoms with Gasteiger partial charge in [0.25, 0.3) is 0 Å². The fourth-order valence-electron chi connectivity index (χ4n) is 3.46. The monoisotopic (exact) mass is 731 g/mol. The maximum atomic E-state index is 5.62. The van der Waals surface area contributed by atoms with E-state index >= 15 is 0 Å². The van der Waals surface area contributed by atoms with Gasteiger partial charge in [-0.2, -0.15) is 0 Å². The van der Waals surface area contributed by atoms with E-state index in [9.17, 15) is 0 Å². The van der Waals surface area contributed by atoms with Crippen LogP contribution in [0.1, 0.15) is 82.1 Å². The molecule has 1 heterocycles. The van der Waals surface area contributed by atoms with Crippen LogP contribution < -0.4 is 27.4 Å². The zero-order valence-electron chi connectivity index (χ0n) is 28.0. The number of nitrogens with one attached hydrogen (secondary N) is 1. The summed E-state index contributed by atoms with van der Waals surface area (Å²) in [6.45, 7) is 9.71. The molecule has 1 saturated heterocycles. The Morgan fingerprint density at radius 2 is 1.34 bits per heavy atom. The molecule has 9 heteroatoms. The number of hydroxylamine groups is 1. The van der Waals surface area contributed by atoms with Gasteiger partial charge in [0.05, 0.1) is 24.0 Å². The molecule has 7 nitrogen and oxygen atoms in total. The van der Waals surface area contributed by atoms with Crippen molar-refractivity contribution < 1.29 is 36.3 Å². The Morgan fingerprint density at radius 3 is 1.74 bits per heavy atom. The Kier molecular flexibility index (Phi) is 42.9.